The van der Waals surface area contributed by atoms with E-state index in [1.54, 1.807) is 74.4 Å². The Bertz CT molecular complexity index is 1920. The standard InChI is InChI=1S/C43H61N7O9/c1-41(2,3)57-35(51)22-21-33(39(55)59-43(7,8)9)50-40(56)49-32(38(54)58-42(4,5)6)16-12-13-23-45-36(52)34(48-37(53)31-20-17-27(25-44)26-46-31)24-29-19-18-28-14-10-11-15-30(28)47-29/h10-11,14-15,17-20,26,32-34H,12-13,16,21-25,44H2,1-9H3,(H,45,52)(H,48,53)(H2,49,50,56)/t32-,33+,34-/m0/s1. The molecule has 0 radical (unpaired) electrons. The molecule has 0 aliphatic heterocycles. The minimum Gasteiger partial charge on any atom is -0.460 e. The predicted octanol–water partition coefficient (Wildman–Crippen LogP) is 4.56. The first kappa shape index (κ1) is 47.7. The molecule has 0 spiro atoms. The van der Waals surface area contributed by atoms with Crippen molar-refractivity contribution in [3.63, 3.8) is 0 Å². The van der Waals surface area contributed by atoms with E-state index < -0.39 is 70.7 Å². The van der Waals surface area contributed by atoms with Crippen LogP contribution in [0.5, 0.6) is 0 Å². The number of nitrogens with zero attached hydrogens (tertiary/aromatic N) is 2. The van der Waals surface area contributed by atoms with E-state index in [4.69, 9.17) is 19.9 Å². The van der Waals surface area contributed by atoms with Crippen LogP contribution in [0.2, 0.25) is 0 Å². The Hall–Kier alpha value is -5.64. The number of nitrogens with one attached hydrogen (secondary N) is 4. The van der Waals surface area contributed by atoms with Gasteiger partial charge in [-0.05, 0) is 112 Å². The highest BCUT2D eigenvalue weighted by Gasteiger charge is 2.31. The maximum absolute atomic E-state index is 13.6. The van der Waals surface area contributed by atoms with Crippen LogP contribution < -0.4 is 27.0 Å². The van der Waals surface area contributed by atoms with Gasteiger partial charge in [0, 0.05) is 43.2 Å². The lowest BCUT2D eigenvalue weighted by atomic mass is 10.1. The molecule has 2 heterocycles. The SMILES string of the molecule is CC(C)(C)OC(=O)CC[C@@H](NC(=O)N[C@@H](CCCCNC(=O)[C@H](Cc1ccc2ccccc2n1)NC(=O)c1ccc(CN)cn1)C(=O)OC(C)(C)C)C(=O)OC(C)(C)C. The lowest BCUT2D eigenvalue weighted by Crippen LogP contribution is -2.53. The van der Waals surface area contributed by atoms with E-state index in [0.29, 0.717) is 18.5 Å². The van der Waals surface area contributed by atoms with E-state index >= 15 is 0 Å². The highest BCUT2D eigenvalue weighted by Crippen LogP contribution is 2.16. The second-order valence-electron chi connectivity index (χ2n) is 17.2. The largest absolute Gasteiger partial charge is 0.460 e. The lowest BCUT2D eigenvalue weighted by Gasteiger charge is -2.27. The third kappa shape index (κ3) is 17.8. The molecule has 59 heavy (non-hydrogen) atoms. The van der Waals surface area contributed by atoms with Gasteiger partial charge in [-0.25, -0.2) is 14.4 Å². The fourth-order valence-electron chi connectivity index (χ4n) is 5.62. The van der Waals surface area contributed by atoms with Gasteiger partial charge in [0.2, 0.25) is 5.91 Å². The number of rotatable bonds is 18. The molecule has 322 valence electrons. The summed E-state index contributed by atoms with van der Waals surface area (Å²) >= 11 is 0. The quantitative estimate of drug-likeness (QED) is 0.0676. The molecule has 16 heteroatoms. The van der Waals surface area contributed by atoms with Crippen molar-refractivity contribution in [3.8, 4) is 0 Å². The molecule has 0 aliphatic carbocycles. The van der Waals surface area contributed by atoms with Crippen molar-refractivity contribution in [2.45, 2.75) is 142 Å². The molecule has 3 aromatic rings. The third-order valence-corrected chi connectivity index (χ3v) is 8.25. The van der Waals surface area contributed by atoms with Crippen LogP contribution in [0.3, 0.4) is 0 Å². The zero-order valence-corrected chi connectivity index (χ0v) is 35.7. The van der Waals surface area contributed by atoms with Crippen LogP contribution in [0.1, 0.15) is 116 Å². The molecule has 6 N–H and O–H groups in total. The molecular weight excluding hydrogens is 759 g/mol. The summed E-state index contributed by atoms with van der Waals surface area (Å²) in [5, 5.41) is 11.8. The number of hydrogen-bond donors (Lipinski definition) is 5. The van der Waals surface area contributed by atoms with Gasteiger partial charge in [0.15, 0.2) is 0 Å². The number of esters is 3. The van der Waals surface area contributed by atoms with Gasteiger partial charge in [-0.1, -0.05) is 30.3 Å². The van der Waals surface area contributed by atoms with Crippen LogP contribution >= 0.6 is 0 Å². The predicted molar refractivity (Wildman–Crippen MR) is 222 cm³/mol. The molecule has 1 aromatic carbocycles. The average molecular weight is 820 g/mol. The summed E-state index contributed by atoms with van der Waals surface area (Å²) in [5.74, 6) is -3.00. The summed E-state index contributed by atoms with van der Waals surface area (Å²) in [7, 11) is 0. The fraction of sp³-hybridized carbons (Fsp3) is 0.535. The Balaban J connectivity index is 1.68. The van der Waals surface area contributed by atoms with Crippen molar-refractivity contribution >= 4 is 46.7 Å². The van der Waals surface area contributed by atoms with Crippen LogP contribution in [0.15, 0.2) is 54.7 Å². The van der Waals surface area contributed by atoms with Crippen LogP contribution in [-0.2, 0) is 46.4 Å². The Labute approximate surface area is 346 Å². The Morgan fingerprint density at radius 1 is 0.695 bits per heavy atom. The maximum Gasteiger partial charge on any atom is 0.329 e. The number of amides is 4. The summed E-state index contributed by atoms with van der Waals surface area (Å²) in [5.41, 5.74) is 5.41. The highest BCUT2D eigenvalue weighted by atomic mass is 16.6. The molecule has 2 aromatic heterocycles. The van der Waals surface area contributed by atoms with E-state index in [9.17, 15) is 28.8 Å². The van der Waals surface area contributed by atoms with E-state index in [1.165, 1.54) is 12.3 Å². The number of unbranched alkanes of at least 4 members (excludes halogenated alkanes) is 1. The van der Waals surface area contributed by atoms with Gasteiger partial charge < -0.3 is 41.2 Å². The van der Waals surface area contributed by atoms with Crippen LogP contribution in [0, 0.1) is 0 Å². The normalized spacial score (nSPS) is 13.3. The average Bonchev–Trinajstić information content (AvgIpc) is 3.13. The van der Waals surface area contributed by atoms with Gasteiger partial charge in [0.25, 0.3) is 5.91 Å². The lowest BCUT2D eigenvalue weighted by molar-refractivity contribution is -0.159. The number of hydrogen-bond acceptors (Lipinski definition) is 12. The van der Waals surface area contributed by atoms with E-state index in [0.717, 1.165) is 16.5 Å². The summed E-state index contributed by atoms with van der Waals surface area (Å²) in [4.78, 5) is 87.8. The zero-order chi connectivity index (χ0) is 44.0. The number of para-hydroxylation sites is 1. The first-order valence-electron chi connectivity index (χ1n) is 19.8. The maximum atomic E-state index is 13.6. The molecule has 0 bridgehead atoms. The van der Waals surface area contributed by atoms with E-state index in [2.05, 4.69) is 31.2 Å². The second-order valence-corrected chi connectivity index (χ2v) is 17.2. The Morgan fingerprint density at radius 2 is 1.31 bits per heavy atom. The van der Waals surface area contributed by atoms with Gasteiger partial charge in [-0.2, -0.15) is 0 Å². The van der Waals surface area contributed by atoms with Crippen LogP contribution in [0.25, 0.3) is 10.9 Å². The molecule has 4 amide bonds. The topological polar surface area (TPSA) is 230 Å². The molecular formula is C43H61N7O9. The number of carbonyl (C=O) groups excluding carboxylic acids is 6. The van der Waals surface area contributed by atoms with Gasteiger partial charge >= 0.3 is 23.9 Å². The summed E-state index contributed by atoms with van der Waals surface area (Å²) < 4.78 is 16.4. The number of aromatic nitrogens is 2. The molecule has 0 saturated carbocycles. The number of fused-ring (bicyclic) bond motifs is 1. The smallest absolute Gasteiger partial charge is 0.329 e. The number of pyridine rings is 2. The monoisotopic (exact) mass is 819 g/mol. The number of benzene rings is 1. The minimum atomic E-state index is -1.23. The molecule has 3 rings (SSSR count). The summed E-state index contributed by atoms with van der Waals surface area (Å²) in [6, 6.07) is 10.3. The van der Waals surface area contributed by atoms with Crippen molar-refractivity contribution in [1.82, 2.24) is 31.2 Å². The number of ether oxygens (including phenoxy) is 3. The minimum absolute atomic E-state index is 0.102. The summed E-state index contributed by atoms with van der Waals surface area (Å²) in [6.45, 7) is 15.7. The van der Waals surface area contributed by atoms with Crippen LogP contribution in [0.4, 0.5) is 4.79 Å². The molecule has 0 unspecified atom stereocenters. The number of carbonyl (C=O) groups is 6. The summed E-state index contributed by atoms with van der Waals surface area (Å²) in [6.07, 6.45) is 2.20. The van der Waals surface area contributed by atoms with Gasteiger partial charge in [0.1, 0.15) is 40.6 Å². The molecule has 0 aliphatic rings. The molecule has 16 nitrogen and oxygen atoms in total. The number of nitrogens with two attached hydrogens (primary N) is 1. The van der Waals surface area contributed by atoms with Gasteiger partial charge in [0.05, 0.1) is 5.52 Å². The van der Waals surface area contributed by atoms with Crippen molar-refractivity contribution in [2.24, 2.45) is 5.73 Å². The van der Waals surface area contributed by atoms with Crippen molar-refractivity contribution in [3.05, 3.63) is 71.7 Å². The second kappa shape index (κ2) is 21.4. The van der Waals surface area contributed by atoms with Gasteiger partial charge in [-0.3, -0.25) is 24.4 Å². The molecule has 0 saturated heterocycles. The Kier molecular flexibility index (Phi) is 17.3. The third-order valence-electron chi connectivity index (χ3n) is 8.25. The van der Waals surface area contributed by atoms with Gasteiger partial charge in [-0.15, -0.1) is 0 Å². The Morgan fingerprint density at radius 3 is 1.88 bits per heavy atom. The highest BCUT2D eigenvalue weighted by molar-refractivity contribution is 5.96. The zero-order valence-electron chi connectivity index (χ0n) is 35.7. The molecule has 3 atom stereocenters. The first-order chi connectivity index (χ1) is 27.5. The van der Waals surface area contributed by atoms with E-state index in [-0.39, 0.29) is 44.5 Å². The number of urea groups is 1. The van der Waals surface area contributed by atoms with Crippen molar-refractivity contribution in [1.29, 1.82) is 0 Å². The van der Waals surface area contributed by atoms with E-state index in [1.807, 2.05) is 30.3 Å². The van der Waals surface area contributed by atoms with Crippen molar-refractivity contribution < 1.29 is 43.0 Å². The fourth-order valence-corrected chi connectivity index (χ4v) is 5.62. The van der Waals surface area contributed by atoms with Crippen molar-refractivity contribution in [2.75, 3.05) is 6.54 Å². The first-order valence-corrected chi connectivity index (χ1v) is 19.8. The van der Waals surface area contributed by atoms with Crippen LogP contribution in [-0.4, -0.2) is 87.2 Å². The molecule has 0 fully saturated rings.